The molecule has 0 spiro atoms. The number of phenols is 2. The summed E-state index contributed by atoms with van der Waals surface area (Å²) in [4.78, 5) is 2.41. The molecule has 0 fully saturated rings. The fourth-order valence-electron chi connectivity index (χ4n) is 2.74. The summed E-state index contributed by atoms with van der Waals surface area (Å²) in [6.45, 7) is 7.52. The van der Waals surface area contributed by atoms with E-state index in [1.165, 1.54) is 5.56 Å². The van der Waals surface area contributed by atoms with Crippen molar-refractivity contribution in [2.75, 3.05) is 19.6 Å². The van der Waals surface area contributed by atoms with Crippen LogP contribution in [0.1, 0.15) is 37.3 Å². The summed E-state index contributed by atoms with van der Waals surface area (Å²) in [7, 11) is 0. The highest BCUT2D eigenvalue weighted by Crippen LogP contribution is 2.42. The Bertz CT molecular complexity index is 405. The van der Waals surface area contributed by atoms with Crippen molar-refractivity contribution in [1.29, 1.82) is 0 Å². The minimum atomic E-state index is 0. The van der Waals surface area contributed by atoms with Gasteiger partial charge in [0.2, 0.25) is 0 Å². The lowest BCUT2D eigenvalue weighted by Crippen LogP contribution is -2.27. The molecule has 1 aromatic rings. The summed E-state index contributed by atoms with van der Waals surface area (Å²) in [6.07, 6.45) is 1.95. The third-order valence-corrected chi connectivity index (χ3v) is 3.85. The molecule has 102 valence electrons. The second kappa shape index (κ2) is 6.43. The number of phenolic OH excluding ortho intramolecular Hbond substituents is 2. The minimum Gasteiger partial charge on any atom is -0.504 e. The first-order chi connectivity index (χ1) is 8.17. The van der Waals surface area contributed by atoms with Crippen molar-refractivity contribution >= 4 is 17.0 Å². The lowest BCUT2D eigenvalue weighted by atomic mass is 10.00. The molecule has 3 nitrogen and oxygen atoms in total. The van der Waals surface area contributed by atoms with Gasteiger partial charge in [0.05, 0.1) is 0 Å². The Morgan fingerprint density at radius 1 is 1.22 bits per heavy atom. The van der Waals surface area contributed by atoms with E-state index in [-0.39, 0.29) is 28.5 Å². The van der Waals surface area contributed by atoms with Gasteiger partial charge in [-0.15, -0.1) is 17.0 Å². The molecule has 0 saturated carbocycles. The summed E-state index contributed by atoms with van der Waals surface area (Å²) in [5.74, 6) is 0.591. The van der Waals surface area contributed by atoms with Crippen LogP contribution in [0.25, 0.3) is 0 Å². The van der Waals surface area contributed by atoms with Gasteiger partial charge < -0.3 is 15.1 Å². The number of nitrogens with zero attached hydrogens (tertiary/aromatic N) is 1. The standard InChI is InChI=1S/C14H21NO2.BrH/c1-3-15(4-2)9-10-5-6-12-11(10)7-8-13(16)14(12)17;/h7-8,10,16-17H,3-6,9H2,1-2H3;1H. The number of halogens is 1. The Morgan fingerprint density at radius 3 is 2.50 bits per heavy atom. The van der Waals surface area contributed by atoms with E-state index in [0.29, 0.717) is 5.92 Å². The van der Waals surface area contributed by atoms with Crippen molar-refractivity contribution in [2.24, 2.45) is 0 Å². The molecule has 1 unspecified atom stereocenters. The minimum absolute atomic E-state index is 0. The maximum absolute atomic E-state index is 9.82. The van der Waals surface area contributed by atoms with Gasteiger partial charge in [-0.05, 0) is 43.5 Å². The van der Waals surface area contributed by atoms with E-state index >= 15 is 0 Å². The second-order valence-electron chi connectivity index (χ2n) is 4.72. The van der Waals surface area contributed by atoms with E-state index in [1.807, 2.05) is 6.07 Å². The molecule has 2 N–H and O–H groups in total. The van der Waals surface area contributed by atoms with Crippen molar-refractivity contribution in [3.8, 4) is 11.5 Å². The van der Waals surface area contributed by atoms with Gasteiger partial charge in [-0.2, -0.15) is 0 Å². The van der Waals surface area contributed by atoms with Crippen LogP contribution in [0.2, 0.25) is 0 Å². The number of likely N-dealkylation sites (N-methyl/N-ethyl adjacent to an activating group) is 1. The highest BCUT2D eigenvalue weighted by atomic mass is 79.9. The fourth-order valence-corrected chi connectivity index (χ4v) is 2.74. The Labute approximate surface area is 119 Å². The van der Waals surface area contributed by atoms with Crippen LogP contribution < -0.4 is 0 Å². The maximum atomic E-state index is 9.82. The summed E-state index contributed by atoms with van der Waals surface area (Å²) >= 11 is 0. The van der Waals surface area contributed by atoms with E-state index in [2.05, 4.69) is 18.7 Å². The zero-order valence-corrected chi connectivity index (χ0v) is 12.7. The normalized spacial score (nSPS) is 17.6. The van der Waals surface area contributed by atoms with Crippen LogP contribution in [0.5, 0.6) is 11.5 Å². The number of benzene rings is 1. The molecule has 1 aliphatic rings. The Morgan fingerprint density at radius 2 is 1.89 bits per heavy atom. The zero-order chi connectivity index (χ0) is 12.4. The summed E-state index contributed by atoms with van der Waals surface area (Å²) < 4.78 is 0. The number of hydrogen-bond donors (Lipinski definition) is 2. The third-order valence-electron chi connectivity index (χ3n) is 3.85. The molecule has 1 atom stereocenters. The van der Waals surface area contributed by atoms with Gasteiger partial charge in [0.15, 0.2) is 11.5 Å². The lowest BCUT2D eigenvalue weighted by Gasteiger charge is -2.23. The predicted octanol–water partition coefficient (Wildman–Crippen LogP) is 3.05. The zero-order valence-electron chi connectivity index (χ0n) is 11.0. The molecular formula is C14H22BrNO2. The van der Waals surface area contributed by atoms with Crippen LogP contribution >= 0.6 is 17.0 Å². The van der Waals surface area contributed by atoms with Crippen LogP contribution in [-0.4, -0.2) is 34.7 Å². The molecular weight excluding hydrogens is 294 g/mol. The predicted molar refractivity (Wildman–Crippen MR) is 78.9 cm³/mol. The smallest absolute Gasteiger partial charge is 0.160 e. The van der Waals surface area contributed by atoms with Crippen molar-refractivity contribution in [3.05, 3.63) is 23.3 Å². The van der Waals surface area contributed by atoms with Gasteiger partial charge in [0.1, 0.15) is 0 Å². The van der Waals surface area contributed by atoms with Crippen LogP contribution in [0.3, 0.4) is 0 Å². The first-order valence-corrected chi connectivity index (χ1v) is 6.43. The van der Waals surface area contributed by atoms with Crippen molar-refractivity contribution < 1.29 is 10.2 Å². The Balaban J connectivity index is 0.00000162. The van der Waals surface area contributed by atoms with Gasteiger partial charge in [0.25, 0.3) is 0 Å². The number of hydrogen-bond acceptors (Lipinski definition) is 3. The summed E-state index contributed by atoms with van der Waals surface area (Å²) in [5.41, 5.74) is 2.16. The molecule has 1 aliphatic carbocycles. The number of aromatic hydroxyl groups is 2. The molecule has 0 bridgehead atoms. The maximum Gasteiger partial charge on any atom is 0.160 e. The molecule has 4 heteroatoms. The van der Waals surface area contributed by atoms with Crippen LogP contribution in [0.4, 0.5) is 0 Å². The molecule has 2 rings (SSSR count). The van der Waals surface area contributed by atoms with Gasteiger partial charge in [-0.3, -0.25) is 0 Å². The molecule has 0 saturated heterocycles. The summed E-state index contributed by atoms with van der Waals surface area (Å²) in [6, 6.07) is 3.57. The lowest BCUT2D eigenvalue weighted by molar-refractivity contribution is 0.282. The van der Waals surface area contributed by atoms with E-state index in [9.17, 15) is 10.2 Å². The average Bonchev–Trinajstić information content (AvgIpc) is 2.74. The van der Waals surface area contributed by atoms with Gasteiger partial charge in [-0.25, -0.2) is 0 Å². The van der Waals surface area contributed by atoms with E-state index in [4.69, 9.17) is 0 Å². The average molecular weight is 316 g/mol. The first kappa shape index (κ1) is 15.3. The van der Waals surface area contributed by atoms with E-state index in [0.717, 1.165) is 38.0 Å². The quantitative estimate of drug-likeness (QED) is 0.839. The van der Waals surface area contributed by atoms with Gasteiger partial charge in [0, 0.05) is 12.1 Å². The molecule has 18 heavy (non-hydrogen) atoms. The molecule has 0 aromatic heterocycles. The van der Waals surface area contributed by atoms with E-state index in [1.54, 1.807) is 6.07 Å². The second-order valence-corrected chi connectivity index (χ2v) is 4.72. The highest BCUT2D eigenvalue weighted by Gasteiger charge is 2.27. The summed E-state index contributed by atoms with van der Waals surface area (Å²) in [5, 5.41) is 19.3. The molecule has 0 aliphatic heterocycles. The third kappa shape index (κ3) is 2.81. The number of fused-ring (bicyclic) bond motifs is 1. The Hall–Kier alpha value is -0.740. The fraction of sp³-hybridized carbons (Fsp3) is 0.571. The largest absolute Gasteiger partial charge is 0.504 e. The highest BCUT2D eigenvalue weighted by molar-refractivity contribution is 8.93. The van der Waals surface area contributed by atoms with Crippen LogP contribution in [0.15, 0.2) is 12.1 Å². The van der Waals surface area contributed by atoms with Crippen LogP contribution in [0, 0.1) is 0 Å². The van der Waals surface area contributed by atoms with Gasteiger partial charge in [-0.1, -0.05) is 19.9 Å². The molecule has 0 heterocycles. The first-order valence-electron chi connectivity index (χ1n) is 6.43. The monoisotopic (exact) mass is 315 g/mol. The van der Waals surface area contributed by atoms with Crippen molar-refractivity contribution in [2.45, 2.75) is 32.6 Å². The number of rotatable bonds is 4. The molecule has 0 amide bonds. The molecule has 0 radical (unpaired) electrons. The SMILES string of the molecule is Br.CCN(CC)CC1CCc2c1ccc(O)c2O. The Kier molecular flexibility index (Phi) is 5.47. The van der Waals surface area contributed by atoms with Crippen molar-refractivity contribution in [3.63, 3.8) is 0 Å². The van der Waals surface area contributed by atoms with E-state index < -0.39 is 0 Å². The van der Waals surface area contributed by atoms with Gasteiger partial charge >= 0.3 is 0 Å². The topological polar surface area (TPSA) is 43.7 Å². The molecule has 1 aromatic carbocycles. The van der Waals surface area contributed by atoms with Crippen molar-refractivity contribution in [1.82, 2.24) is 4.90 Å². The van der Waals surface area contributed by atoms with Crippen LogP contribution in [-0.2, 0) is 6.42 Å².